The lowest BCUT2D eigenvalue weighted by atomic mass is 9.94. The van der Waals surface area contributed by atoms with E-state index < -0.39 is 0 Å². The molecule has 0 N–H and O–H groups in total. The molecule has 1 aliphatic carbocycles. The zero-order valence-electron chi connectivity index (χ0n) is 9.99. The molecule has 1 aromatic carbocycles. The fourth-order valence-electron chi connectivity index (χ4n) is 1.95. The molecule has 1 saturated carbocycles. The molecule has 0 spiro atoms. The van der Waals surface area contributed by atoms with Crippen molar-refractivity contribution < 1.29 is 9.53 Å². The Morgan fingerprint density at radius 3 is 2.88 bits per heavy atom. The van der Waals surface area contributed by atoms with Gasteiger partial charge in [0.15, 0.2) is 0 Å². The summed E-state index contributed by atoms with van der Waals surface area (Å²) in [6.45, 7) is 2.02. The maximum Gasteiger partial charge on any atom is 0.123 e. The van der Waals surface area contributed by atoms with Gasteiger partial charge in [0.05, 0.1) is 6.10 Å². The van der Waals surface area contributed by atoms with Crippen LogP contribution in [0.1, 0.15) is 44.1 Å². The highest BCUT2D eigenvalue weighted by Crippen LogP contribution is 2.34. The highest BCUT2D eigenvalue weighted by Gasteiger charge is 2.21. The number of hydrogen-bond acceptors (Lipinski definition) is 2. The van der Waals surface area contributed by atoms with E-state index in [2.05, 4.69) is 0 Å². The predicted molar refractivity (Wildman–Crippen MR) is 68.8 cm³/mol. The van der Waals surface area contributed by atoms with Crippen molar-refractivity contribution >= 4 is 17.9 Å². The van der Waals surface area contributed by atoms with Crippen molar-refractivity contribution in [3.8, 4) is 5.75 Å². The Morgan fingerprint density at radius 2 is 2.29 bits per heavy atom. The smallest absolute Gasteiger partial charge is 0.123 e. The second-order valence-electron chi connectivity index (χ2n) is 4.66. The molecule has 0 aliphatic heterocycles. The SMILES string of the molecule is CC(CC=O)c1cc(Cl)ccc1OC1CCC1. The lowest BCUT2D eigenvalue weighted by molar-refractivity contribution is -0.108. The van der Waals surface area contributed by atoms with Crippen molar-refractivity contribution in [3.05, 3.63) is 28.8 Å². The summed E-state index contributed by atoms with van der Waals surface area (Å²) < 4.78 is 5.93. The average molecular weight is 253 g/mol. The lowest BCUT2D eigenvalue weighted by Gasteiger charge is -2.28. The Bertz CT molecular complexity index is 399. The summed E-state index contributed by atoms with van der Waals surface area (Å²) in [5.41, 5.74) is 1.04. The summed E-state index contributed by atoms with van der Waals surface area (Å²) in [5.74, 6) is 1.04. The molecule has 17 heavy (non-hydrogen) atoms. The van der Waals surface area contributed by atoms with E-state index in [4.69, 9.17) is 16.3 Å². The third kappa shape index (κ3) is 3.01. The largest absolute Gasteiger partial charge is 0.490 e. The van der Waals surface area contributed by atoms with Gasteiger partial charge in [-0.05, 0) is 48.9 Å². The van der Waals surface area contributed by atoms with Crippen molar-refractivity contribution in [1.29, 1.82) is 0 Å². The number of halogens is 1. The van der Waals surface area contributed by atoms with E-state index in [1.807, 2.05) is 25.1 Å². The summed E-state index contributed by atoms with van der Waals surface area (Å²) in [6.07, 6.45) is 5.30. The van der Waals surface area contributed by atoms with Crippen LogP contribution in [0, 0.1) is 0 Å². The van der Waals surface area contributed by atoms with Crippen LogP contribution in [0.5, 0.6) is 5.75 Å². The zero-order valence-corrected chi connectivity index (χ0v) is 10.7. The first-order valence-electron chi connectivity index (χ1n) is 6.10. The highest BCUT2D eigenvalue weighted by atomic mass is 35.5. The topological polar surface area (TPSA) is 26.3 Å². The van der Waals surface area contributed by atoms with Crippen molar-refractivity contribution in [2.75, 3.05) is 0 Å². The third-order valence-electron chi connectivity index (χ3n) is 3.30. The summed E-state index contributed by atoms with van der Waals surface area (Å²) in [4.78, 5) is 10.6. The maximum atomic E-state index is 10.6. The quantitative estimate of drug-likeness (QED) is 0.742. The Hall–Kier alpha value is -1.02. The average Bonchev–Trinajstić information content (AvgIpc) is 2.25. The first kappa shape index (κ1) is 12.4. The summed E-state index contributed by atoms with van der Waals surface area (Å²) in [5, 5.41) is 0.693. The Morgan fingerprint density at radius 1 is 1.53 bits per heavy atom. The van der Waals surface area contributed by atoms with E-state index in [0.29, 0.717) is 17.5 Å². The van der Waals surface area contributed by atoms with Gasteiger partial charge in [-0.15, -0.1) is 0 Å². The van der Waals surface area contributed by atoms with Gasteiger partial charge in [0.2, 0.25) is 0 Å². The van der Waals surface area contributed by atoms with Crippen LogP contribution in [0.3, 0.4) is 0 Å². The van der Waals surface area contributed by atoms with Crippen LogP contribution in [0.2, 0.25) is 5.02 Å². The molecule has 2 rings (SSSR count). The van der Waals surface area contributed by atoms with Crippen LogP contribution < -0.4 is 4.74 Å². The van der Waals surface area contributed by atoms with Gasteiger partial charge in [-0.2, -0.15) is 0 Å². The molecule has 0 heterocycles. The standard InChI is InChI=1S/C14H17ClO2/c1-10(7-8-16)13-9-11(15)5-6-14(13)17-12-3-2-4-12/h5-6,8-10,12H,2-4,7H2,1H3. The molecule has 92 valence electrons. The molecule has 1 aromatic rings. The molecule has 1 fully saturated rings. The molecule has 0 bridgehead atoms. The second-order valence-corrected chi connectivity index (χ2v) is 5.09. The fourth-order valence-corrected chi connectivity index (χ4v) is 2.13. The number of ether oxygens (including phenoxy) is 1. The monoisotopic (exact) mass is 252 g/mol. The van der Waals surface area contributed by atoms with Crippen LogP contribution >= 0.6 is 11.6 Å². The van der Waals surface area contributed by atoms with Gasteiger partial charge in [-0.1, -0.05) is 18.5 Å². The van der Waals surface area contributed by atoms with E-state index in [0.717, 1.165) is 30.4 Å². The molecular formula is C14H17ClO2. The molecule has 2 nitrogen and oxygen atoms in total. The van der Waals surface area contributed by atoms with Crippen molar-refractivity contribution in [2.24, 2.45) is 0 Å². The van der Waals surface area contributed by atoms with Gasteiger partial charge >= 0.3 is 0 Å². The minimum Gasteiger partial charge on any atom is -0.490 e. The Labute approximate surface area is 107 Å². The molecule has 0 amide bonds. The minimum absolute atomic E-state index is 0.154. The molecule has 1 aliphatic rings. The molecule has 1 atom stereocenters. The van der Waals surface area contributed by atoms with Gasteiger partial charge < -0.3 is 9.53 Å². The molecule has 3 heteroatoms. The first-order valence-corrected chi connectivity index (χ1v) is 6.48. The second kappa shape index (κ2) is 5.54. The number of carbonyl (C=O) groups is 1. The molecule has 0 radical (unpaired) electrons. The summed E-state index contributed by atoms with van der Waals surface area (Å²) >= 11 is 6.00. The van der Waals surface area contributed by atoms with Gasteiger partial charge in [-0.25, -0.2) is 0 Å². The van der Waals surface area contributed by atoms with Crippen LogP contribution in [0.25, 0.3) is 0 Å². The van der Waals surface area contributed by atoms with Crippen molar-refractivity contribution in [3.63, 3.8) is 0 Å². The Balaban J connectivity index is 2.19. The normalized spacial score (nSPS) is 17.3. The zero-order chi connectivity index (χ0) is 12.3. The van der Waals surface area contributed by atoms with E-state index >= 15 is 0 Å². The highest BCUT2D eigenvalue weighted by molar-refractivity contribution is 6.30. The molecule has 1 unspecified atom stereocenters. The van der Waals surface area contributed by atoms with E-state index in [9.17, 15) is 4.79 Å². The summed E-state index contributed by atoms with van der Waals surface area (Å²) in [7, 11) is 0. The number of benzene rings is 1. The molecule has 0 saturated heterocycles. The van der Waals surface area contributed by atoms with E-state index in [1.54, 1.807) is 0 Å². The number of hydrogen-bond donors (Lipinski definition) is 0. The molecular weight excluding hydrogens is 236 g/mol. The number of carbonyl (C=O) groups excluding carboxylic acids is 1. The van der Waals surface area contributed by atoms with Gasteiger partial charge in [0.1, 0.15) is 12.0 Å². The van der Waals surface area contributed by atoms with Gasteiger partial charge in [0, 0.05) is 11.4 Å². The van der Waals surface area contributed by atoms with E-state index in [-0.39, 0.29) is 5.92 Å². The van der Waals surface area contributed by atoms with Crippen molar-refractivity contribution in [1.82, 2.24) is 0 Å². The van der Waals surface area contributed by atoms with Gasteiger partial charge in [0.25, 0.3) is 0 Å². The van der Waals surface area contributed by atoms with Crippen LogP contribution in [-0.4, -0.2) is 12.4 Å². The van der Waals surface area contributed by atoms with Crippen LogP contribution in [0.15, 0.2) is 18.2 Å². The van der Waals surface area contributed by atoms with Gasteiger partial charge in [-0.3, -0.25) is 0 Å². The number of rotatable bonds is 5. The van der Waals surface area contributed by atoms with Crippen LogP contribution in [-0.2, 0) is 4.79 Å². The maximum absolute atomic E-state index is 10.6. The third-order valence-corrected chi connectivity index (χ3v) is 3.53. The Kier molecular flexibility index (Phi) is 4.06. The van der Waals surface area contributed by atoms with E-state index in [1.165, 1.54) is 6.42 Å². The van der Waals surface area contributed by atoms with Crippen LogP contribution in [0.4, 0.5) is 0 Å². The predicted octanol–water partition coefficient (Wildman–Crippen LogP) is 3.96. The number of aldehydes is 1. The first-order chi connectivity index (χ1) is 8.20. The lowest BCUT2D eigenvalue weighted by Crippen LogP contribution is -2.25. The fraction of sp³-hybridized carbons (Fsp3) is 0.500. The molecule has 0 aromatic heterocycles. The van der Waals surface area contributed by atoms with Crippen molar-refractivity contribution in [2.45, 2.75) is 44.6 Å². The minimum atomic E-state index is 0.154. The summed E-state index contributed by atoms with van der Waals surface area (Å²) in [6, 6.07) is 5.66.